The van der Waals surface area contributed by atoms with Crippen LogP contribution in [0.3, 0.4) is 0 Å². The van der Waals surface area contributed by atoms with Crippen molar-refractivity contribution in [2.45, 2.75) is 12.8 Å². The summed E-state index contributed by atoms with van der Waals surface area (Å²) in [7, 11) is 1.72. The maximum atomic E-state index is 6.00. The van der Waals surface area contributed by atoms with Gasteiger partial charge in [0.2, 0.25) is 0 Å². The van der Waals surface area contributed by atoms with Crippen LogP contribution in [0.2, 0.25) is 0 Å². The lowest BCUT2D eigenvalue weighted by molar-refractivity contribution is 0.416. The van der Waals surface area contributed by atoms with Gasteiger partial charge < -0.3 is 4.74 Å². The van der Waals surface area contributed by atoms with Crippen molar-refractivity contribution in [3.05, 3.63) is 181 Å². The lowest BCUT2D eigenvalue weighted by atomic mass is 9.92. The number of rotatable bonds is 7. The Balaban J connectivity index is 1.17. The number of aromatic nitrogens is 3. The molecule has 1 aromatic heterocycles. The molecule has 7 aromatic carbocycles. The van der Waals surface area contributed by atoms with Gasteiger partial charge in [0.15, 0.2) is 17.5 Å². The topological polar surface area (TPSA) is 47.9 Å². The van der Waals surface area contributed by atoms with E-state index in [1.165, 1.54) is 32.9 Å². The van der Waals surface area contributed by atoms with Crippen LogP contribution >= 0.6 is 0 Å². The third-order valence-electron chi connectivity index (χ3n) is 9.97. The van der Waals surface area contributed by atoms with E-state index in [9.17, 15) is 0 Å². The summed E-state index contributed by atoms with van der Waals surface area (Å²) in [4.78, 5) is 15.5. The van der Waals surface area contributed by atoms with E-state index in [-0.39, 0.29) is 0 Å². The molecule has 8 aromatic rings. The van der Waals surface area contributed by atoms with Gasteiger partial charge in [-0.05, 0) is 86.0 Å². The first-order valence-electron chi connectivity index (χ1n) is 17.7. The van der Waals surface area contributed by atoms with Crippen molar-refractivity contribution in [2.75, 3.05) is 7.11 Å². The van der Waals surface area contributed by atoms with E-state index in [0.717, 1.165) is 57.4 Å². The first kappa shape index (κ1) is 31.3. The van der Waals surface area contributed by atoms with E-state index in [0.29, 0.717) is 17.5 Å². The highest BCUT2D eigenvalue weighted by atomic mass is 16.5. The molecule has 1 aliphatic carbocycles. The van der Waals surface area contributed by atoms with Crippen LogP contribution in [0.25, 0.3) is 77.7 Å². The van der Waals surface area contributed by atoms with Gasteiger partial charge in [-0.1, -0.05) is 152 Å². The second kappa shape index (κ2) is 13.6. The van der Waals surface area contributed by atoms with E-state index in [2.05, 4.69) is 158 Å². The van der Waals surface area contributed by atoms with Gasteiger partial charge in [-0.15, -0.1) is 0 Å². The second-order valence-corrected chi connectivity index (χ2v) is 13.1. The van der Waals surface area contributed by atoms with Gasteiger partial charge >= 0.3 is 0 Å². The molecule has 9 rings (SSSR count). The van der Waals surface area contributed by atoms with Crippen LogP contribution in [0.5, 0.6) is 5.75 Å². The molecule has 248 valence electrons. The number of methoxy groups -OCH3 is 1. The Morgan fingerprint density at radius 3 is 1.65 bits per heavy atom. The van der Waals surface area contributed by atoms with Crippen LogP contribution in [0, 0.1) is 0 Å². The summed E-state index contributed by atoms with van der Waals surface area (Å²) in [5.41, 5.74) is 9.80. The van der Waals surface area contributed by atoms with Crippen LogP contribution in [0.15, 0.2) is 170 Å². The third kappa shape index (κ3) is 6.05. The van der Waals surface area contributed by atoms with Crippen molar-refractivity contribution in [1.82, 2.24) is 15.0 Å². The molecule has 1 aliphatic rings. The average Bonchev–Trinajstić information content (AvgIpc) is 3.23. The molecule has 0 spiro atoms. The number of fused-ring (bicyclic) bond motifs is 2. The summed E-state index contributed by atoms with van der Waals surface area (Å²) in [5, 5.41) is 4.78. The lowest BCUT2D eigenvalue weighted by Gasteiger charge is -2.17. The molecule has 0 saturated heterocycles. The molecular weight excluding hydrogens is 635 g/mol. The molecule has 0 radical (unpaired) electrons. The first-order valence-corrected chi connectivity index (χ1v) is 17.7. The largest absolute Gasteiger partial charge is 0.496 e. The maximum absolute atomic E-state index is 6.00. The minimum Gasteiger partial charge on any atom is -0.496 e. The standard InChI is InChI=1S/C48H35N3O/c1-52-44-17-9-16-43(45(44)37-24-18-36(19-25-37)41-28-22-33-12-5-7-14-39(33)30-41)48-50-46(38-26-20-35(21-27-38)32-10-3-2-4-11-32)49-47(51-48)42-29-23-34-13-6-8-15-40(34)31-42/h2-20,22-26,28-31H,21,27H2,1H3. The van der Waals surface area contributed by atoms with Crippen molar-refractivity contribution in [3.8, 4) is 50.8 Å². The van der Waals surface area contributed by atoms with Crippen LogP contribution in [0.1, 0.15) is 24.2 Å². The zero-order chi connectivity index (χ0) is 34.9. The van der Waals surface area contributed by atoms with Crippen LogP contribution < -0.4 is 4.74 Å². The summed E-state index contributed by atoms with van der Waals surface area (Å²) >= 11 is 0. The summed E-state index contributed by atoms with van der Waals surface area (Å²) in [5.74, 6) is 2.71. The minimum atomic E-state index is 0.611. The minimum absolute atomic E-state index is 0.611. The zero-order valence-electron chi connectivity index (χ0n) is 28.8. The van der Waals surface area contributed by atoms with Crippen molar-refractivity contribution in [2.24, 2.45) is 0 Å². The number of ether oxygens (including phenoxy) is 1. The van der Waals surface area contributed by atoms with E-state index >= 15 is 0 Å². The van der Waals surface area contributed by atoms with E-state index in [1.807, 2.05) is 12.1 Å². The van der Waals surface area contributed by atoms with Gasteiger partial charge in [-0.2, -0.15) is 0 Å². The second-order valence-electron chi connectivity index (χ2n) is 13.1. The predicted molar refractivity (Wildman–Crippen MR) is 215 cm³/mol. The monoisotopic (exact) mass is 669 g/mol. The number of allylic oxidation sites excluding steroid dienone is 4. The third-order valence-corrected chi connectivity index (χ3v) is 9.97. The quantitative estimate of drug-likeness (QED) is 0.169. The van der Waals surface area contributed by atoms with Crippen molar-refractivity contribution >= 4 is 32.7 Å². The van der Waals surface area contributed by atoms with Gasteiger partial charge in [0.05, 0.1) is 7.11 Å². The smallest absolute Gasteiger partial charge is 0.164 e. The predicted octanol–water partition coefficient (Wildman–Crippen LogP) is 12.1. The molecule has 0 amide bonds. The maximum Gasteiger partial charge on any atom is 0.164 e. The Labute approximate surface area is 303 Å². The van der Waals surface area contributed by atoms with Crippen molar-refractivity contribution in [1.29, 1.82) is 0 Å². The molecule has 0 atom stereocenters. The molecular formula is C48H35N3O. The Morgan fingerprint density at radius 1 is 0.404 bits per heavy atom. The number of benzene rings is 7. The fourth-order valence-corrected chi connectivity index (χ4v) is 7.20. The molecule has 4 nitrogen and oxygen atoms in total. The van der Waals surface area contributed by atoms with Crippen LogP contribution in [-0.4, -0.2) is 22.1 Å². The molecule has 0 N–H and O–H groups in total. The van der Waals surface area contributed by atoms with Gasteiger partial charge in [0.25, 0.3) is 0 Å². The number of nitrogens with zero attached hydrogens (tertiary/aromatic N) is 3. The summed E-state index contributed by atoms with van der Waals surface area (Å²) in [6.45, 7) is 0. The van der Waals surface area contributed by atoms with Gasteiger partial charge in [-0.3, -0.25) is 0 Å². The average molecular weight is 670 g/mol. The molecule has 0 aliphatic heterocycles. The van der Waals surface area contributed by atoms with Crippen LogP contribution in [0.4, 0.5) is 0 Å². The van der Waals surface area contributed by atoms with E-state index < -0.39 is 0 Å². The molecule has 52 heavy (non-hydrogen) atoms. The summed E-state index contributed by atoms with van der Waals surface area (Å²) in [6.07, 6.45) is 6.13. The van der Waals surface area contributed by atoms with Gasteiger partial charge in [-0.25, -0.2) is 15.0 Å². The van der Waals surface area contributed by atoms with Crippen LogP contribution in [-0.2, 0) is 0 Å². The highest BCUT2D eigenvalue weighted by Gasteiger charge is 2.21. The fourth-order valence-electron chi connectivity index (χ4n) is 7.20. The molecule has 4 heteroatoms. The molecule has 0 fully saturated rings. The van der Waals surface area contributed by atoms with Crippen molar-refractivity contribution < 1.29 is 4.74 Å². The van der Waals surface area contributed by atoms with E-state index in [1.54, 1.807) is 7.11 Å². The molecule has 0 bridgehead atoms. The number of hydrogen-bond acceptors (Lipinski definition) is 4. The normalized spacial score (nSPS) is 12.8. The Bertz CT molecular complexity index is 2660. The number of hydrogen-bond donors (Lipinski definition) is 0. The Morgan fingerprint density at radius 2 is 0.962 bits per heavy atom. The SMILES string of the molecule is COc1cccc(-c2nc(C3=CC=C(c4ccccc4)CC3)nc(-c3ccc4ccccc4c3)n2)c1-c1ccc(-c2ccc3ccccc3c2)cc1. The van der Waals surface area contributed by atoms with Gasteiger partial charge in [0, 0.05) is 16.7 Å². The Kier molecular flexibility index (Phi) is 8.18. The molecule has 1 heterocycles. The molecule has 0 unspecified atom stereocenters. The van der Waals surface area contributed by atoms with E-state index in [4.69, 9.17) is 19.7 Å². The zero-order valence-corrected chi connectivity index (χ0v) is 28.8. The summed E-state index contributed by atoms with van der Waals surface area (Å²) in [6, 6.07) is 55.2. The van der Waals surface area contributed by atoms with Gasteiger partial charge in [0.1, 0.15) is 5.75 Å². The lowest BCUT2D eigenvalue weighted by Crippen LogP contribution is -2.05. The fraction of sp³-hybridized carbons (Fsp3) is 0.0625. The highest BCUT2D eigenvalue weighted by molar-refractivity contribution is 5.90. The highest BCUT2D eigenvalue weighted by Crippen LogP contribution is 2.40. The summed E-state index contributed by atoms with van der Waals surface area (Å²) < 4.78 is 6.00. The first-order chi connectivity index (χ1) is 25.7. The molecule has 0 saturated carbocycles. The Hall–Kier alpha value is -6.65. The van der Waals surface area contributed by atoms with Crippen molar-refractivity contribution in [3.63, 3.8) is 0 Å².